The fraction of sp³-hybridized carbons (Fsp3) is 0.214. The smallest absolute Gasteiger partial charge is 0.321 e. The highest BCUT2D eigenvalue weighted by Crippen LogP contribution is 2.19. The highest BCUT2D eigenvalue weighted by Gasteiger charge is 2.23. The zero-order chi connectivity index (χ0) is 14.8. The summed E-state index contributed by atoms with van der Waals surface area (Å²) >= 11 is 0. The highest BCUT2D eigenvalue weighted by molar-refractivity contribution is 7.89. The molecule has 0 saturated heterocycles. The van der Waals surface area contributed by atoms with Crippen LogP contribution in [0.4, 0.5) is 0 Å². The Kier molecular flexibility index (Phi) is 4.06. The average molecular weight is 293 g/mol. The maximum atomic E-state index is 12.2. The average Bonchev–Trinajstić information content (AvgIpc) is 2.44. The van der Waals surface area contributed by atoms with Crippen LogP contribution in [0.1, 0.15) is 13.3 Å². The van der Waals surface area contributed by atoms with Gasteiger partial charge in [-0.05, 0) is 29.3 Å². The van der Waals surface area contributed by atoms with E-state index in [1.165, 1.54) is 12.1 Å². The first-order valence-electron chi connectivity index (χ1n) is 6.18. The van der Waals surface area contributed by atoms with E-state index >= 15 is 0 Å². The van der Waals surface area contributed by atoms with Crippen molar-refractivity contribution in [3.05, 3.63) is 42.5 Å². The summed E-state index contributed by atoms with van der Waals surface area (Å²) < 4.78 is 26.5. The minimum atomic E-state index is -3.84. The van der Waals surface area contributed by atoms with Crippen molar-refractivity contribution in [2.75, 3.05) is 0 Å². The molecule has 2 rings (SSSR count). The summed E-state index contributed by atoms with van der Waals surface area (Å²) in [4.78, 5) is 11.0. The molecular weight excluding hydrogens is 278 g/mol. The fourth-order valence-electron chi connectivity index (χ4n) is 1.90. The quantitative estimate of drug-likeness (QED) is 0.883. The topological polar surface area (TPSA) is 83.5 Å². The third-order valence-electron chi connectivity index (χ3n) is 3.03. The van der Waals surface area contributed by atoms with E-state index in [-0.39, 0.29) is 11.3 Å². The van der Waals surface area contributed by atoms with Crippen LogP contribution in [0.5, 0.6) is 0 Å². The van der Waals surface area contributed by atoms with E-state index in [2.05, 4.69) is 4.72 Å². The SMILES string of the molecule is CCC(NS(=O)(=O)c1ccc2ccccc2c1)C(=O)O. The molecule has 0 aliphatic carbocycles. The number of sulfonamides is 1. The number of fused-ring (bicyclic) bond motifs is 1. The van der Waals surface area contributed by atoms with Gasteiger partial charge in [0.2, 0.25) is 10.0 Å². The lowest BCUT2D eigenvalue weighted by Crippen LogP contribution is -2.40. The molecule has 1 atom stereocenters. The van der Waals surface area contributed by atoms with E-state index in [1.807, 2.05) is 24.3 Å². The predicted octanol–water partition coefficient (Wildman–Crippen LogP) is 1.98. The second-order valence-electron chi connectivity index (χ2n) is 4.43. The van der Waals surface area contributed by atoms with Crippen molar-refractivity contribution < 1.29 is 18.3 Å². The van der Waals surface area contributed by atoms with Gasteiger partial charge in [0.25, 0.3) is 0 Å². The van der Waals surface area contributed by atoms with E-state index in [4.69, 9.17) is 5.11 Å². The number of aliphatic carboxylic acids is 1. The fourth-order valence-corrected chi connectivity index (χ4v) is 3.21. The summed E-state index contributed by atoms with van der Waals surface area (Å²) in [5.41, 5.74) is 0. The molecule has 0 radical (unpaired) electrons. The van der Waals surface area contributed by atoms with Crippen LogP contribution in [-0.4, -0.2) is 25.5 Å². The van der Waals surface area contributed by atoms with E-state index in [0.29, 0.717) is 0 Å². The summed E-state index contributed by atoms with van der Waals surface area (Å²) in [5.74, 6) is -1.18. The second-order valence-corrected chi connectivity index (χ2v) is 6.14. The van der Waals surface area contributed by atoms with Crippen molar-refractivity contribution in [3.63, 3.8) is 0 Å². The van der Waals surface area contributed by atoms with Crippen molar-refractivity contribution in [3.8, 4) is 0 Å². The van der Waals surface area contributed by atoms with E-state index in [1.54, 1.807) is 13.0 Å². The molecule has 0 saturated carbocycles. The van der Waals surface area contributed by atoms with Crippen molar-refractivity contribution in [1.82, 2.24) is 4.72 Å². The van der Waals surface area contributed by atoms with Crippen molar-refractivity contribution in [2.24, 2.45) is 0 Å². The van der Waals surface area contributed by atoms with Crippen LogP contribution in [-0.2, 0) is 14.8 Å². The molecule has 0 fully saturated rings. The summed E-state index contributed by atoms with van der Waals surface area (Å²) in [5, 5.41) is 10.6. The van der Waals surface area contributed by atoms with Gasteiger partial charge < -0.3 is 5.11 Å². The largest absolute Gasteiger partial charge is 0.480 e. The maximum absolute atomic E-state index is 12.2. The molecule has 2 N–H and O–H groups in total. The van der Waals surface area contributed by atoms with Crippen molar-refractivity contribution in [2.45, 2.75) is 24.3 Å². The molecule has 106 valence electrons. The van der Waals surface area contributed by atoms with Gasteiger partial charge in [0.05, 0.1) is 4.90 Å². The molecule has 6 heteroatoms. The van der Waals surface area contributed by atoms with Crippen LogP contribution in [0.3, 0.4) is 0 Å². The van der Waals surface area contributed by atoms with Crippen LogP contribution in [0.15, 0.2) is 47.4 Å². The van der Waals surface area contributed by atoms with Gasteiger partial charge in [0, 0.05) is 0 Å². The number of rotatable bonds is 5. The van der Waals surface area contributed by atoms with Gasteiger partial charge in [-0.15, -0.1) is 0 Å². The number of carboxylic acid groups (broad SMARTS) is 1. The predicted molar refractivity (Wildman–Crippen MR) is 76.0 cm³/mol. The summed E-state index contributed by atoms with van der Waals surface area (Å²) in [6.07, 6.45) is 0.183. The van der Waals surface area contributed by atoms with Crippen molar-refractivity contribution >= 4 is 26.8 Å². The maximum Gasteiger partial charge on any atom is 0.321 e. The van der Waals surface area contributed by atoms with Crippen molar-refractivity contribution in [1.29, 1.82) is 0 Å². The van der Waals surface area contributed by atoms with Gasteiger partial charge in [-0.25, -0.2) is 8.42 Å². The summed E-state index contributed by atoms with van der Waals surface area (Å²) in [7, 11) is -3.84. The molecule has 5 nitrogen and oxygen atoms in total. The third-order valence-corrected chi connectivity index (χ3v) is 4.50. The lowest BCUT2D eigenvalue weighted by molar-refractivity contribution is -0.139. The normalized spacial score (nSPS) is 13.2. The van der Waals surface area contributed by atoms with E-state index in [0.717, 1.165) is 10.8 Å². The zero-order valence-corrected chi connectivity index (χ0v) is 11.7. The molecule has 2 aromatic rings. The molecule has 0 amide bonds. The van der Waals surface area contributed by atoms with Gasteiger partial charge in [0.15, 0.2) is 0 Å². The van der Waals surface area contributed by atoms with Gasteiger partial charge in [-0.2, -0.15) is 4.72 Å². The van der Waals surface area contributed by atoms with Gasteiger partial charge >= 0.3 is 5.97 Å². The number of carboxylic acids is 1. The Bertz CT molecular complexity index is 740. The first-order chi connectivity index (χ1) is 9.44. The first kappa shape index (κ1) is 14.5. The minimum Gasteiger partial charge on any atom is -0.480 e. The minimum absolute atomic E-state index is 0.0656. The highest BCUT2D eigenvalue weighted by atomic mass is 32.2. The Labute approximate surface area is 117 Å². The lowest BCUT2D eigenvalue weighted by atomic mass is 10.1. The molecule has 0 aliphatic heterocycles. The Balaban J connectivity index is 2.38. The van der Waals surface area contributed by atoms with E-state index in [9.17, 15) is 13.2 Å². The van der Waals surface area contributed by atoms with E-state index < -0.39 is 22.0 Å². The molecule has 0 aliphatic rings. The standard InChI is InChI=1S/C14H15NO4S/c1-2-13(14(16)17)15-20(18,19)12-8-7-10-5-3-4-6-11(10)9-12/h3-9,13,15H,2H2,1H3,(H,16,17). The monoisotopic (exact) mass is 293 g/mol. The zero-order valence-electron chi connectivity index (χ0n) is 10.9. The molecule has 2 aromatic carbocycles. The lowest BCUT2D eigenvalue weighted by Gasteiger charge is -2.13. The number of carbonyl (C=O) groups is 1. The van der Waals surface area contributed by atoms with Gasteiger partial charge in [-0.3, -0.25) is 4.79 Å². The van der Waals surface area contributed by atoms with Gasteiger partial charge in [-0.1, -0.05) is 37.3 Å². The number of nitrogens with one attached hydrogen (secondary N) is 1. The molecule has 20 heavy (non-hydrogen) atoms. The summed E-state index contributed by atoms with van der Waals surface area (Å²) in [6.45, 7) is 1.61. The molecule has 0 bridgehead atoms. The Morgan fingerprint density at radius 1 is 1.20 bits per heavy atom. The Morgan fingerprint density at radius 2 is 1.85 bits per heavy atom. The first-order valence-corrected chi connectivity index (χ1v) is 7.66. The Hall–Kier alpha value is -1.92. The Morgan fingerprint density at radius 3 is 2.45 bits per heavy atom. The second kappa shape index (κ2) is 5.60. The molecule has 0 heterocycles. The molecular formula is C14H15NO4S. The van der Waals surface area contributed by atoms with Crippen LogP contribution in [0.25, 0.3) is 10.8 Å². The molecule has 0 aromatic heterocycles. The van der Waals surface area contributed by atoms with Crippen LogP contribution < -0.4 is 4.72 Å². The molecule has 1 unspecified atom stereocenters. The number of hydrogen-bond donors (Lipinski definition) is 2. The van der Waals surface area contributed by atoms with Gasteiger partial charge in [0.1, 0.15) is 6.04 Å². The van der Waals surface area contributed by atoms with Crippen LogP contribution >= 0.6 is 0 Å². The number of benzene rings is 2. The van der Waals surface area contributed by atoms with Crippen LogP contribution in [0, 0.1) is 0 Å². The third kappa shape index (κ3) is 2.97. The summed E-state index contributed by atoms with van der Waals surface area (Å²) in [6, 6.07) is 11.0. The molecule has 0 spiro atoms. The number of hydrogen-bond acceptors (Lipinski definition) is 3. The van der Waals surface area contributed by atoms with Crippen LogP contribution in [0.2, 0.25) is 0 Å².